The Hall–Kier alpha value is -2.45. The molecule has 0 aliphatic heterocycles. The van der Waals surface area contributed by atoms with Crippen LogP contribution < -0.4 is 0 Å². The number of fused-ring (bicyclic) bond motifs is 1. The van der Waals surface area contributed by atoms with Crippen molar-refractivity contribution in [2.24, 2.45) is 0 Å². The fourth-order valence-corrected chi connectivity index (χ4v) is 3.41. The summed E-state index contributed by atoms with van der Waals surface area (Å²) < 4.78 is 27.1. The molecular formula is C18H12F2N2S. The number of thioether (sulfide) groups is 1. The zero-order valence-electron chi connectivity index (χ0n) is 12.3. The molecule has 0 amide bonds. The van der Waals surface area contributed by atoms with Crippen molar-refractivity contribution < 1.29 is 8.78 Å². The van der Waals surface area contributed by atoms with Gasteiger partial charge in [-0.2, -0.15) is 5.26 Å². The van der Waals surface area contributed by atoms with Gasteiger partial charge in [0.1, 0.15) is 22.7 Å². The van der Waals surface area contributed by atoms with Crippen molar-refractivity contribution in [3.63, 3.8) is 0 Å². The summed E-state index contributed by atoms with van der Waals surface area (Å²) >= 11 is 1.44. The van der Waals surface area contributed by atoms with Gasteiger partial charge < -0.3 is 0 Å². The molecule has 0 bridgehead atoms. The molecule has 0 saturated heterocycles. The summed E-state index contributed by atoms with van der Waals surface area (Å²) in [6.45, 7) is 1.70. The third-order valence-corrected chi connectivity index (χ3v) is 4.59. The van der Waals surface area contributed by atoms with Gasteiger partial charge in [-0.25, -0.2) is 13.8 Å². The van der Waals surface area contributed by atoms with Crippen molar-refractivity contribution in [3.05, 3.63) is 70.9 Å². The van der Waals surface area contributed by atoms with Crippen molar-refractivity contribution in [2.45, 2.75) is 17.7 Å². The van der Waals surface area contributed by atoms with Crippen molar-refractivity contribution >= 4 is 22.5 Å². The fraction of sp³-hybridized carbons (Fsp3) is 0.111. The molecule has 1 aromatic heterocycles. The first-order chi connectivity index (χ1) is 11.1. The maximum absolute atomic E-state index is 14.2. The van der Waals surface area contributed by atoms with Gasteiger partial charge in [0, 0.05) is 16.5 Å². The zero-order chi connectivity index (χ0) is 16.4. The van der Waals surface area contributed by atoms with E-state index in [0.717, 1.165) is 5.56 Å². The summed E-state index contributed by atoms with van der Waals surface area (Å²) in [7, 11) is 0. The average molecular weight is 326 g/mol. The van der Waals surface area contributed by atoms with Gasteiger partial charge in [0.05, 0.1) is 11.3 Å². The highest BCUT2D eigenvalue weighted by Crippen LogP contribution is 2.33. The van der Waals surface area contributed by atoms with Gasteiger partial charge in [-0.1, -0.05) is 24.3 Å². The van der Waals surface area contributed by atoms with E-state index in [4.69, 9.17) is 0 Å². The van der Waals surface area contributed by atoms with Gasteiger partial charge in [-0.3, -0.25) is 0 Å². The van der Waals surface area contributed by atoms with E-state index >= 15 is 0 Å². The lowest BCUT2D eigenvalue weighted by Crippen LogP contribution is -1.96. The highest BCUT2D eigenvalue weighted by atomic mass is 32.2. The molecule has 1 heterocycles. The maximum Gasteiger partial charge on any atom is 0.132 e. The van der Waals surface area contributed by atoms with Crippen molar-refractivity contribution in [1.82, 2.24) is 4.98 Å². The molecule has 2 nitrogen and oxygen atoms in total. The summed E-state index contributed by atoms with van der Waals surface area (Å²) in [4.78, 5) is 4.45. The first-order valence-corrected chi connectivity index (χ1v) is 7.95. The molecule has 3 rings (SSSR count). The minimum absolute atomic E-state index is 0.268. The fourth-order valence-electron chi connectivity index (χ4n) is 2.38. The van der Waals surface area contributed by atoms with Crippen LogP contribution >= 0.6 is 11.8 Å². The van der Waals surface area contributed by atoms with Crippen LogP contribution in [-0.4, -0.2) is 4.98 Å². The van der Waals surface area contributed by atoms with E-state index in [9.17, 15) is 14.0 Å². The predicted molar refractivity (Wildman–Crippen MR) is 87.1 cm³/mol. The van der Waals surface area contributed by atoms with Gasteiger partial charge in [0.15, 0.2) is 0 Å². The molecule has 2 aromatic carbocycles. The summed E-state index contributed by atoms with van der Waals surface area (Å²) in [6, 6.07) is 13.0. The Kier molecular flexibility index (Phi) is 4.26. The average Bonchev–Trinajstić information content (AvgIpc) is 2.55. The second kappa shape index (κ2) is 6.35. The minimum Gasteiger partial charge on any atom is -0.245 e. The smallest absolute Gasteiger partial charge is 0.132 e. The van der Waals surface area contributed by atoms with E-state index in [-0.39, 0.29) is 11.4 Å². The SMILES string of the molecule is Cc1nc(SCc2ccc(F)cc2)c2cccc(F)c2c1C#N. The van der Waals surface area contributed by atoms with E-state index in [2.05, 4.69) is 4.98 Å². The van der Waals surface area contributed by atoms with Crippen LogP contribution in [0, 0.1) is 29.9 Å². The van der Waals surface area contributed by atoms with Gasteiger partial charge in [-0.05, 0) is 30.7 Å². The molecule has 5 heteroatoms. The molecule has 0 spiro atoms. The summed E-state index contributed by atoms with van der Waals surface area (Å²) in [6.07, 6.45) is 0. The Bertz CT molecular complexity index is 915. The summed E-state index contributed by atoms with van der Waals surface area (Å²) in [5.74, 6) is -0.115. The second-order valence-corrected chi connectivity index (χ2v) is 6.03. The third kappa shape index (κ3) is 3.03. The van der Waals surface area contributed by atoms with Crippen LogP contribution in [0.2, 0.25) is 0 Å². The number of nitrogens with zero attached hydrogens (tertiary/aromatic N) is 2. The number of nitriles is 1. The molecule has 3 aromatic rings. The molecule has 0 fully saturated rings. The molecule has 0 atom stereocenters. The Balaban J connectivity index is 2.03. The topological polar surface area (TPSA) is 36.7 Å². The number of benzene rings is 2. The number of rotatable bonds is 3. The van der Waals surface area contributed by atoms with Crippen molar-refractivity contribution in [2.75, 3.05) is 0 Å². The normalized spacial score (nSPS) is 10.7. The van der Waals surface area contributed by atoms with E-state index in [0.29, 0.717) is 27.2 Å². The van der Waals surface area contributed by atoms with Crippen LogP contribution in [0.5, 0.6) is 0 Å². The Morgan fingerprint density at radius 3 is 2.57 bits per heavy atom. The molecule has 0 saturated carbocycles. The molecule has 0 aliphatic rings. The molecule has 114 valence electrons. The van der Waals surface area contributed by atoms with Crippen LogP contribution in [0.1, 0.15) is 16.8 Å². The van der Waals surface area contributed by atoms with Crippen molar-refractivity contribution in [3.8, 4) is 6.07 Å². The number of halogens is 2. The minimum atomic E-state index is -0.423. The van der Waals surface area contributed by atoms with Crippen LogP contribution in [0.15, 0.2) is 47.5 Å². The van der Waals surface area contributed by atoms with Crippen LogP contribution in [-0.2, 0) is 5.75 Å². The molecular weight excluding hydrogens is 314 g/mol. The van der Waals surface area contributed by atoms with Gasteiger partial charge in [-0.15, -0.1) is 11.8 Å². The quantitative estimate of drug-likeness (QED) is 0.637. The lowest BCUT2D eigenvalue weighted by molar-refractivity contribution is 0.627. The molecule has 0 aliphatic carbocycles. The molecule has 0 N–H and O–H groups in total. The van der Waals surface area contributed by atoms with Gasteiger partial charge in [0.25, 0.3) is 0 Å². The number of aryl methyl sites for hydroxylation is 1. The van der Waals surface area contributed by atoms with Gasteiger partial charge >= 0.3 is 0 Å². The maximum atomic E-state index is 14.2. The number of hydrogen-bond acceptors (Lipinski definition) is 3. The second-order valence-electron chi connectivity index (χ2n) is 5.07. The summed E-state index contributed by atoms with van der Waals surface area (Å²) in [5.41, 5.74) is 1.72. The standard InChI is InChI=1S/C18H12F2N2S/c1-11-15(9-21)17-14(3-2-4-16(17)20)18(22-11)23-10-12-5-7-13(19)8-6-12/h2-8H,10H2,1H3. The molecule has 0 unspecified atom stereocenters. The van der Waals surface area contributed by atoms with Crippen LogP contribution in [0.4, 0.5) is 8.78 Å². The summed E-state index contributed by atoms with van der Waals surface area (Å²) in [5, 5.41) is 10.9. The Morgan fingerprint density at radius 2 is 1.87 bits per heavy atom. The number of hydrogen-bond donors (Lipinski definition) is 0. The number of aromatic nitrogens is 1. The van der Waals surface area contributed by atoms with Crippen LogP contribution in [0.3, 0.4) is 0 Å². The highest BCUT2D eigenvalue weighted by molar-refractivity contribution is 7.98. The van der Waals surface area contributed by atoms with E-state index in [1.54, 1.807) is 31.2 Å². The third-order valence-electron chi connectivity index (χ3n) is 3.53. The van der Waals surface area contributed by atoms with Crippen molar-refractivity contribution in [1.29, 1.82) is 5.26 Å². The van der Waals surface area contributed by atoms with E-state index in [1.165, 1.54) is 30.0 Å². The first kappa shape index (κ1) is 15.4. The lowest BCUT2D eigenvalue weighted by Gasteiger charge is -2.10. The zero-order valence-corrected chi connectivity index (χ0v) is 13.1. The van der Waals surface area contributed by atoms with Gasteiger partial charge in [0.2, 0.25) is 0 Å². The first-order valence-electron chi connectivity index (χ1n) is 6.96. The lowest BCUT2D eigenvalue weighted by atomic mass is 10.1. The predicted octanol–water partition coefficient (Wildman–Crippen LogP) is 4.99. The molecule has 0 radical (unpaired) electrons. The van der Waals surface area contributed by atoms with E-state index in [1.807, 2.05) is 6.07 Å². The highest BCUT2D eigenvalue weighted by Gasteiger charge is 2.15. The number of pyridine rings is 1. The Morgan fingerprint density at radius 1 is 1.13 bits per heavy atom. The largest absolute Gasteiger partial charge is 0.245 e. The van der Waals surface area contributed by atoms with Crippen LogP contribution in [0.25, 0.3) is 10.8 Å². The monoisotopic (exact) mass is 326 g/mol. The molecule has 23 heavy (non-hydrogen) atoms. The van der Waals surface area contributed by atoms with E-state index < -0.39 is 5.82 Å². The Labute approximate surface area is 136 Å².